The number of carbonyl (C=O) groups is 1. The quantitative estimate of drug-likeness (QED) is 0.430. The first kappa shape index (κ1) is 19.8. The molecule has 5 nitrogen and oxygen atoms in total. The molecule has 1 heterocycles. The van der Waals surface area contributed by atoms with Gasteiger partial charge in [0, 0.05) is 16.8 Å². The van der Waals surface area contributed by atoms with Crippen LogP contribution >= 0.6 is 12.2 Å². The summed E-state index contributed by atoms with van der Waals surface area (Å²) in [5.41, 5.74) is 7.25. The SMILES string of the molecule is Cc1ccc(C(=O)NC(=S)Nc2ccc(-c3nc4cc(C)c(C)cc4o3)cc2)cc1. The smallest absolute Gasteiger partial charge is 0.257 e. The van der Waals surface area contributed by atoms with Crippen LogP contribution < -0.4 is 10.6 Å². The molecule has 1 amide bonds. The number of nitrogens with one attached hydrogen (secondary N) is 2. The van der Waals surface area contributed by atoms with Crippen LogP contribution in [0.3, 0.4) is 0 Å². The summed E-state index contributed by atoms with van der Waals surface area (Å²) in [4.78, 5) is 16.9. The number of amides is 1. The molecular weight excluding hydrogens is 394 g/mol. The Morgan fingerprint density at radius 3 is 2.30 bits per heavy atom. The van der Waals surface area contributed by atoms with E-state index in [9.17, 15) is 4.79 Å². The van der Waals surface area contributed by atoms with Crippen molar-refractivity contribution in [2.45, 2.75) is 20.8 Å². The van der Waals surface area contributed by atoms with Crippen LogP contribution in [-0.2, 0) is 0 Å². The zero-order chi connectivity index (χ0) is 21.3. The third kappa shape index (κ3) is 4.23. The van der Waals surface area contributed by atoms with E-state index in [0.717, 1.165) is 27.9 Å². The summed E-state index contributed by atoms with van der Waals surface area (Å²) >= 11 is 5.26. The fraction of sp³-hybridized carbons (Fsp3) is 0.125. The van der Waals surface area contributed by atoms with Gasteiger partial charge in [0.05, 0.1) is 0 Å². The number of anilines is 1. The van der Waals surface area contributed by atoms with Crippen molar-refractivity contribution in [1.82, 2.24) is 10.3 Å². The van der Waals surface area contributed by atoms with Crippen molar-refractivity contribution in [3.63, 3.8) is 0 Å². The van der Waals surface area contributed by atoms with Crippen LogP contribution in [0.4, 0.5) is 5.69 Å². The molecule has 0 aliphatic carbocycles. The first-order valence-corrected chi connectivity index (χ1v) is 9.97. The molecule has 1 aromatic heterocycles. The maximum Gasteiger partial charge on any atom is 0.257 e. The highest BCUT2D eigenvalue weighted by Crippen LogP contribution is 2.27. The van der Waals surface area contributed by atoms with E-state index in [1.165, 1.54) is 11.1 Å². The van der Waals surface area contributed by atoms with E-state index in [1.807, 2.05) is 55.5 Å². The standard InChI is InChI=1S/C24H21N3O2S/c1-14-4-6-17(7-5-14)22(28)27-24(30)25-19-10-8-18(9-11-19)23-26-20-12-15(2)16(3)13-21(20)29-23/h4-13H,1-3H3,(H2,25,27,28,30). The predicted octanol–water partition coefficient (Wildman–Crippen LogP) is 5.55. The first-order valence-electron chi connectivity index (χ1n) is 9.56. The van der Waals surface area contributed by atoms with Crippen molar-refractivity contribution in [2.24, 2.45) is 0 Å². The van der Waals surface area contributed by atoms with Gasteiger partial charge in [-0.25, -0.2) is 4.98 Å². The second kappa shape index (κ2) is 8.08. The zero-order valence-electron chi connectivity index (χ0n) is 16.9. The number of aryl methyl sites for hydroxylation is 3. The normalized spacial score (nSPS) is 10.8. The van der Waals surface area contributed by atoms with E-state index in [0.29, 0.717) is 11.5 Å². The zero-order valence-corrected chi connectivity index (χ0v) is 17.8. The number of oxazole rings is 1. The van der Waals surface area contributed by atoms with E-state index < -0.39 is 0 Å². The van der Waals surface area contributed by atoms with Crippen LogP contribution in [0.5, 0.6) is 0 Å². The van der Waals surface area contributed by atoms with Crippen molar-refractivity contribution in [3.8, 4) is 11.5 Å². The van der Waals surface area contributed by atoms with Crippen molar-refractivity contribution >= 4 is 40.0 Å². The number of thiocarbonyl (C=S) groups is 1. The molecule has 0 atom stereocenters. The largest absolute Gasteiger partial charge is 0.436 e. The average molecular weight is 416 g/mol. The lowest BCUT2D eigenvalue weighted by atomic mass is 10.1. The molecule has 4 rings (SSSR count). The highest BCUT2D eigenvalue weighted by molar-refractivity contribution is 7.80. The lowest BCUT2D eigenvalue weighted by Crippen LogP contribution is -2.34. The van der Waals surface area contributed by atoms with Gasteiger partial charge >= 0.3 is 0 Å². The Morgan fingerprint density at radius 1 is 0.933 bits per heavy atom. The summed E-state index contributed by atoms with van der Waals surface area (Å²) < 4.78 is 5.91. The predicted molar refractivity (Wildman–Crippen MR) is 124 cm³/mol. The minimum absolute atomic E-state index is 0.237. The molecule has 30 heavy (non-hydrogen) atoms. The molecule has 2 N–H and O–H groups in total. The Hall–Kier alpha value is -3.51. The van der Waals surface area contributed by atoms with Crippen LogP contribution in [0.15, 0.2) is 65.1 Å². The number of fused-ring (bicyclic) bond motifs is 1. The van der Waals surface area contributed by atoms with Gasteiger partial charge in [0.1, 0.15) is 5.52 Å². The van der Waals surface area contributed by atoms with Gasteiger partial charge in [0.2, 0.25) is 5.89 Å². The van der Waals surface area contributed by atoms with Crippen LogP contribution in [0.2, 0.25) is 0 Å². The van der Waals surface area contributed by atoms with Gasteiger partial charge in [-0.05, 0) is 92.6 Å². The van der Waals surface area contributed by atoms with E-state index in [1.54, 1.807) is 12.1 Å². The number of carbonyl (C=O) groups excluding carboxylic acids is 1. The third-order valence-electron chi connectivity index (χ3n) is 4.93. The Morgan fingerprint density at radius 2 is 1.60 bits per heavy atom. The minimum atomic E-state index is -0.249. The number of nitrogens with zero attached hydrogens (tertiary/aromatic N) is 1. The molecule has 6 heteroatoms. The molecule has 0 saturated carbocycles. The van der Waals surface area contributed by atoms with Crippen molar-refractivity contribution in [2.75, 3.05) is 5.32 Å². The van der Waals surface area contributed by atoms with Crippen LogP contribution in [0.25, 0.3) is 22.6 Å². The highest BCUT2D eigenvalue weighted by Gasteiger charge is 2.11. The molecule has 0 unspecified atom stereocenters. The Balaban J connectivity index is 1.44. The molecule has 0 spiro atoms. The summed E-state index contributed by atoms with van der Waals surface area (Å²) in [6, 6.07) is 18.9. The Bertz CT molecular complexity index is 1200. The lowest BCUT2D eigenvalue weighted by molar-refractivity contribution is 0.0977. The summed E-state index contributed by atoms with van der Waals surface area (Å²) in [5.74, 6) is 0.318. The molecule has 0 aliphatic heterocycles. The first-order chi connectivity index (χ1) is 14.4. The third-order valence-corrected chi connectivity index (χ3v) is 5.14. The van der Waals surface area contributed by atoms with E-state index in [2.05, 4.69) is 29.5 Å². The second-order valence-corrected chi connectivity index (χ2v) is 7.68. The van der Waals surface area contributed by atoms with Gasteiger partial charge in [-0.1, -0.05) is 17.7 Å². The molecule has 150 valence electrons. The lowest BCUT2D eigenvalue weighted by Gasteiger charge is -2.10. The van der Waals surface area contributed by atoms with Gasteiger partial charge in [-0.15, -0.1) is 0 Å². The van der Waals surface area contributed by atoms with E-state index in [4.69, 9.17) is 16.6 Å². The summed E-state index contributed by atoms with van der Waals surface area (Å²) in [6.45, 7) is 6.09. The van der Waals surface area contributed by atoms with Gasteiger partial charge in [-0.3, -0.25) is 10.1 Å². The number of rotatable bonds is 3. The molecular formula is C24H21N3O2S. The maximum absolute atomic E-state index is 12.3. The summed E-state index contributed by atoms with van der Waals surface area (Å²) in [7, 11) is 0. The average Bonchev–Trinajstić information content (AvgIpc) is 3.12. The van der Waals surface area contributed by atoms with Gasteiger partial charge in [-0.2, -0.15) is 0 Å². The molecule has 0 fully saturated rings. The maximum atomic E-state index is 12.3. The molecule has 4 aromatic rings. The van der Waals surface area contributed by atoms with Gasteiger partial charge in [0.15, 0.2) is 10.7 Å². The Labute approximate surface area is 180 Å². The molecule has 0 radical (unpaired) electrons. The topological polar surface area (TPSA) is 67.2 Å². The summed E-state index contributed by atoms with van der Waals surface area (Å²) in [6.07, 6.45) is 0. The fourth-order valence-corrected chi connectivity index (χ4v) is 3.25. The fourth-order valence-electron chi connectivity index (χ4n) is 3.04. The van der Waals surface area contributed by atoms with E-state index >= 15 is 0 Å². The highest BCUT2D eigenvalue weighted by atomic mass is 32.1. The van der Waals surface area contributed by atoms with Crippen molar-refractivity contribution < 1.29 is 9.21 Å². The molecule has 0 saturated heterocycles. The molecule has 0 aliphatic rings. The number of benzene rings is 3. The summed E-state index contributed by atoms with van der Waals surface area (Å²) in [5, 5.41) is 5.95. The van der Waals surface area contributed by atoms with Gasteiger partial charge in [0.25, 0.3) is 5.91 Å². The second-order valence-electron chi connectivity index (χ2n) is 7.27. The van der Waals surface area contributed by atoms with E-state index in [-0.39, 0.29) is 11.0 Å². The van der Waals surface area contributed by atoms with Crippen LogP contribution in [0.1, 0.15) is 27.0 Å². The number of hydrogen-bond donors (Lipinski definition) is 2. The molecule has 3 aromatic carbocycles. The van der Waals surface area contributed by atoms with Crippen LogP contribution in [0, 0.1) is 20.8 Å². The number of aromatic nitrogens is 1. The van der Waals surface area contributed by atoms with Crippen LogP contribution in [-0.4, -0.2) is 16.0 Å². The van der Waals surface area contributed by atoms with Crippen molar-refractivity contribution in [1.29, 1.82) is 0 Å². The molecule has 0 bridgehead atoms. The van der Waals surface area contributed by atoms with Crippen molar-refractivity contribution in [3.05, 3.63) is 82.9 Å². The Kier molecular flexibility index (Phi) is 5.33. The minimum Gasteiger partial charge on any atom is -0.436 e. The number of hydrogen-bond acceptors (Lipinski definition) is 4. The van der Waals surface area contributed by atoms with Gasteiger partial charge < -0.3 is 9.73 Å². The monoisotopic (exact) mass is 415 g/mol.